The van der Waals surface area contributed by atoms with E-state index in [2.05, 4.69) is 11.3 Å². The summed E-state index contributed by atoms with van der Waals surface area (Å²) in [5.74, 6) is -1.07. The van der Waals surface area contributed by atoms with Gasteiger partial charge in [-0.2, -0.15) is 0 Å². The number of carbonyl (C=O) groups excluding carboxylic acids is 1. The van der Waals surface area contributed by atoms with Gasteiger partial charge in [-0.15, -0.1) is 6.58 Å². The minimum absolute atomic E-state index is 0.0773. The van der Waals surface area contributed by atoms with Crippen LogP contribution in [0.3, 0.4) is 0 Å². The molecule has 3 N–H and O–H groups in total. The maximum atomic E-state index is 12.2. The van der Waals surface area contributed by atoms with Crippen molar-refractivity contribution in [1.82, 2.24) is 4.72 Å². The second kappa shape index (κ2) is 4.43. The van der Waals surface area contributed by atoms with Crippen LogP contribution < -0.4 is 10.5 Å². The number of sulfonamides is 1. The first-order valence-corrected chi connectivity index (χ1v) is 7.46. The summed E-state index contributed by atoms with van der Waals surface area (Å²) in [6, 6.07) is 0. The third-order valence-corrected chi connectivity index (χ3v) is 5.91. The topological polar surface area (TPSA) is 98.5 Å². The summed E-state index contributed by atoms with van der Waals surface area (Å²) < 4.78 is 30.4. The fourth-order valence-corrected chi connectivity index (χ4v) is 3.68. The summed E-state index contributed by atoms with van der Waals surface area (Å²) in [7, 11) is -2.34. The molecule has 2 aliphatic rings. The number of hydrogen-bond acceptors (Lipinski definition) is 5. The third kappa shape index (κ3) is 2.11. The van der Waals surface area contributed by atoms with Crippen LogP contribution >= 0.6 is 0 Å². The Morgan fingerprint density at radius 1 is 1.63 bits per heavy atom. The largest absolute Gasteiger partial charge is 0.383 e. The van der Waals surface area contributed by atoms with Gasteiger partial charge in [-0.25, -0.2) is 8.42 Å². The lowest BCUT2D eigenvalue weighted by Gasteiger charge is -2.36. The summed E-state index contributed by atoms with van der Waals surface area (Å²) in [6.45, 7) is 3.64. The van der Waals surface area contributed by atoms with Crippen LogP contribution in [-0.4, -0.2) is 38.3 Å². The summed E-state index contributed by atoms with van der Waals surface area (Å²) in [5, 5.41) is 0. The van der Waals surface area contributed by atoms with Crippen LogP contribution in [0.2, 0.25) is 0 Å². The Bertz CT molecular complexity index is 536. The molecule has 2 aliphatic carbocycles. The normalized spacial score (nSPS) is 31.4. The van der Waals surface area contributed by atoms with E-state index in [-0.39, 0.29) is 12.5 Å². The van der Waals surface area contributed by atoms with Crippen LogP contribution in [0.15, 0.2) is 24.8 Å². The maximum Gasteiger partial charge on any atom is 0.258 e. The molecule has 0 unspecified atom stereocenters. The van der Waals surface area contributed by atoms with Crippen LogP contribution in [-0.2, 0) is 19.6 Å². The van der Waals surface area contributed by atoms with Gasteiger partial charge in [-0.3, -0.25) is 9.52 Å². The van der Waals surface area contributed by atoms with Gasteiger partial charge in [0.15, 0.2) is 0 Å². The first kappa shape index (κ1) is 14.2. The second-order valence-electron chi connectivity index (χ2n) is 5.10. The maximum absolute atomic E-state index is 12.2. The fraction of sp³-hybridized carbons (Fsp3) is 0.583. The van der Waals surface area contributed by atoms with Crippen LogP contribution in [0.25, 0.3) is 0 Å². The van der Waals surface area contributed by atoms with Gasteiger partial charge < -0.3 is 10.5 Å². The van der Waals surface area contributed by atoms with Crippen LogP contribution in [0.5, 0.6) is 0 Å². The highest BCUT2D eigenvalue weighted by molar-refractivity contribution is 7.91. The number of nitrogens with two attached hydrogens (primary N) is 1. The molecule has 1 fully saturated rings. The Balaban J connectivity index is 2.12. The highest BCUT2D eigenvalue weighted by Crippen LogP contribution is 2.43. The highest BCUT2D eigenvalue weighted by Gasteiger charge is 2.57. The van der Waals surface area contributed by atoms with E-state index >= 15 is 0 Å². The molecule has 0 aromatic carbocycles. The van der Waals surface area contributed by atoms with Crippen LogP contribution in [0, 0.1) is 5.92 Å². The summed E-state index contributed by atoms with van der Waals surface area (Å²) in [5.41, 5.74) is 4.56. The monoisotopic (exact) mass is 286 g/mol. The predicted molar refractivity (Wildman–Crippen MR) is 70.6 cm³/mol. The molecule has 0 aromatic heterocycles. The van der Waals surface area contributed by atoms with E-state index in [1.165, 1.54) is 19.3 Å². The molecule has 0 heterocycles. The fourth-order valence-electron chi connectivity index (χ4n) is 2.13. The Hall–Kier alpha value is -1.18. The van der Waals surface area contributed by atoms with Crippen molar-refractivity contribution in [3.8, 4) is 0 Å². The third-order valence-electron chi connectivity index (χ3n) is 3.79. The molecule has 106 valence electrons. The van der Waals surface area contributed by atoms with Gasteiger partial charge in [0, 0.05) is 13.0 Å². The Morgan fingerprint density at radius 3 is 2.63 bits per heavy atom. The zero-order valence-electron chi connectivity index (χ0n) is 10.8. The van der Waals surface area contributed by atoms with Crippen molar-refractivity contribution in [3.63, 3.8) is 0 Å². The molecule has 1 amide bonds. The Kier molecular flexibility index (Phi) is 3.32. The lowest BCUT2D eigenvalue weighted by atomic mass is 9.75. The SMILES string of the molecule is C=C[C@@H]1C=C[C@]1(N)C(=O)NS(=O)(=O)C1(COC)CC1. The van der Waals surface area contributed by atoms with E-state index in [9.17, 15) is 13.2 Å². The number of ether oxygens (including phenoxy) is 1. The van der Waals surface area contributed by atoms with Gasteiger partial charge >= 0.3 is 0 Å². The van der Waals surface area contributed by atoms with E-state index in [1.54, 1.807) is 6.08 Å². The first-order valence-electron chi connectivity index (χ1n) is 5.98. The summed E-state index contributed by atoms with van der Waals surface area (Å²) in [4.78, 5) is 12.1. The van der Waals surface area contributed by atoms with Crippen molar-refractivity contribution in [2.24, 2.45) is 11.7 Å². The molecule has 6 nitrogen and oxygen atoms in total. The number of rotatable bonds is 6. The van der Waals surface area contributed by atoms with Crippen molar-refractivity contribution in [2.75, 3.05) is 13.7 Å². The minimum atomic E-state index is -3.77. The van der Waals surface area contributed by atoms with Gasteiger partial charge in [0.2, 0.25) is 10.0 Å². The molecule has 0 aromatic rings. The zero-order chi connectivity index (χ0) is 14.3. The van der Waals surface area contributed by atoms with Crippen LogP contribution in [0.4, 0.5) is 0 Å². The highest BCUT2D eigenvalue weighted by atomic mass is 32.2. The average molecular weight is 286 g/mol. The van der Waals surface area contributed by atoms with Gasteiger partial charge in [0.1, 0.15) is 10.3 Å². The summed E-state index contributed by atoms with van der Waals surface area (Å²) >= 11 is 0. The molecule has 19 heavy (non-hydrogen) atoms. The average Bonchev–Trinajstić information content (AvgIpc) is 3.08. The molecular weight excluding hydrogens is 268 g/mol. The molecule has 0 bridgehead atoms. The molecule has 7 heteroatoms. The molecule has 0 saturated heterocycles. The lowest BCUT2D eigenvalue weighted by molar-refractivity contribution is -0.124. The standard InChI is InChI=1S/C12H18N2O4S/c1-3-9-4-5-12(9,13)10(15)14-19(16,17)11(6-7-11)8-18-2/h3-5,9H,1,6-8,13H2,2H3,(H,14,15)/t9-,12-/m1/s1. The quantitative estimate of drug-likeness (QED) is 0.652. The molecule has 0 radical (unpaired) electrons. The number of hydrogen-bond donors (Lipinski definition) is 2. The van der Waals surface area contributed by atoms with E-state index in [4.69, 9.17) is 10.5 Å². The number of amides is 1. The van der Waals surface area contributed by atoms with Gasteiger partial charge in [-0.05, 0) is 12.8 Å². The molecule has 1 saturated carbocycles. The van der Waals surface area contributed by atoms with E-state index < -0.39 is 26.2 Å². The summed E-state index contributed by atoms with van der Waals surface area (Å²) in [6.07, 6.45) is 5.69. The van der Waals surface area contributed by atoms with Crippen molar-refractivity contribution < 1.29 is 17.9 Å². The first-order chi connectivity index (χ1) is 8.81. The van der Waals surface area contributed by atoms with E-state index in [0.717, 1.165) is 0 Å². The zero-order valence-corrected chi connectivity index (χ0v) is 11.6. The Morgan fingerprint density at radius 2 is 2.26 bits per heavy atom. The molecule has 2 atom stereocenters. The number of methoxy groups -OCH3 is 1. The van der Waals surface area contributed by atoms with Crippen molar-refractivity contribution >= 4 is 15.9 Å². The molecular formula is C12H18N2O4S. The van der Waals surface area contributed by atoms with Gasteiger partial charge in [0.25, 0.3) is 5.91 Å². The molecule has 0 aliphatic heterocycles. The van der Waals surface area contributed by atoms with E-state index in [0.29, 0.717) is 12.8 Å². The van der Waals surface area contributed by atoms with Crippen molar-refractivity contribution in [3.05, 3.63) is 24.8 Å². The minimum Gasteiger partial charge on any atom is -0.383 e. The number of nitrogens with one attached hydrogen (secondary N) is 1. The molecule has 0 spiro atoms. The van der Waals surface area contributed by atoms with E-state index in [1.807, 2.05) is 0 Å². The van der Waals surface area contributed by atoms with Crippen molar-refractivity contribution in [2.45, 2.75) is 23.1 Å². The van der Waals surface area contributed by atoms with Crippen LogP contribution in [0.1, 0.15) is 12.8 Å². The van der Waals surface area contributed by atoms with Crippen molar-refractivity contribution in [1.29, 1.82) is 0 Å². The lowest BCUT2D eigenvalue weighted by Crippen LogP contribution is -2.62. The van der Waals surface area contributed by atoms with Gasteiger partial charge in [-0.1, -0.05) is 18.2 Å². The Labute approximate surface area is 112 Å². The molecule has 2 rings (SSSR count). The second-order valence-corrected chi connectivity index (χ2v) is 7.18. The predicted octanol–water partition coefficient (Wildman–Crippen LogP) is -0.319. The number of carbonyl (C=O) groups is 1. The van der Waals surface area contributed by atoms with Gasteiger partial charge in [0.05, 0.1) is 6.61 Å². The smallest absolute Gasteiger partial charge is 0.258 e.